The first-order valence-corrected chi connectivity index (χ1v) is 4.32. The average Bonchev–Trinajstić information content (AvgIpc) is 2.47. The maximum atomic E-state index is 10.8. The van der Waals surface area contributed by atoms with E-state index >= 15 is 0 Å². The van der Waals surface area contributed by atoms with Gasteiger partial charge >= 0.3 is 12.1 Å². The molecule has 1 heterocycles. The molecule has 0 bridgehead atoms. The summed E-state index contributed by atoms with van der Waals surface area (Å²) >= 11 is 0. The van der Waals surface area contributed by atoms with E-state index in [1.807, 2.05) is 19.0 Å². The number of carbonyl (C=O) groups is 2. The number of likely N-dealkylation sites (N-methyl/N-ethyl adjacent to an activating group) is 1. The molecule has 2 N–H and O–H groups in total. The standard InChI is InChI=1S/C8H14N2O4/c1-9(2)5-3-6(7(11)12)10(4-5)8(13)14/h5-6H,3-4H2,1-2H3,(H,11,12)(H,13,14)/t5-,6-/m1/s1. The molecule has 6 nitrogen and oxygen atoms in total. The summed E-state index contributed by atoms with van der Waals surface area (Å²) in [6.07, 6.45) is -0.809. The van der Waals surface area contributed by atoms with E-state index in [-0.39, 0.29) is 12.6 Å². The molecule has 2 atom stereocenters. The summed E-state index contributed by atoms with van der Waals surface area (Å²) in [5.41, 5.74) is 0. The van der Waals surface area contributed by atoms with Gasteiger partial charge in [-0.1, -0.05) is 0 Å². The van der Waals surface area contributed by atoms with E-state index in [4.69, 9.17) is 10.2 Å². The number of likely N-dealkylation sites (tertiary alicyclic amines) is 1. The first kappa shape index (κ1) is 10.8. The maximum Gasteiger partial charge on any atom is 0.408 e. The molecule has 1 aliphatic heterocycles. The molecule has 1 rings (SSSR count). The Hall–Kier alpha value is -1.30. The van der Waals surface area contributed by atoms with Crippen molar-refractivity contribution in [3.63, 3.8) is 0 Å². The van der Waals surface area contributed by atoms with Crippen LogP contribution >= 0.6 is 0 Å². The van der Waals surface area contributed by atoms with Crippen LogP contribution in [0.3, 0.4) is 0 Å². The van der Waals surface area contributed by atoms with Crippen LogP contribution in [0.4, 0.5) is 4.79 Å². The number of carboxylic acids is 1. The zero-order valence-electron chi connectivity index (χ0n) is 8.17. The zero-order chi connectivity index (χ0) is 10.9. The molecule has 0 unspecified atom stereocenters. The molecule has 80 valence electrons. The lowest BCUT2D eigenvalue weighted by Gasteiger charge is -2.18. The predicted molar refractivity (Wildman–Crippen MR) is 48.2 cm³/mol. The van der Waals surface area contributed by atoms with Gasteiger partial charge in [0.25, 0.3) is 0 Å². The van der Waals surface area contributed by atoms with Crippen LogP contribution in [-0.4, -0.2) is 64.8 Å². The molecule has 0 aromatic carbocycles. The normalized spacial score (nSPS) is 26.9. The van der Waals surface area contributed by atoms with Crippen molar-refractivity contribution >= 4 is 12.1 Å². The first-order chi connectivity index (χ1) is 6.43. The molecule has 0 radical (unpaired) electrons. The Morgan fingerprint density at radius 2 is 1.93 bits per heavy atom. The lowest BCUT2D eigenvalue weighted by molar-refractivity contribution is -0.141. The molecule has 0 saturated carbocycles. The summed E-state index contributed by atoms with van der Waals surface area (Å²) in [7, 11) is 3.63. The highest BCUT2D eigenvalue weighted by molar-refractivity contribution is 5.80. The van der Waals surface area contributed by atoms with Gasteiger partial charge in [-0.2, -0.15) is 0 Å². The van der Waals surface area contributed by atoms with Gasteiger partial charge < -0.3 is 15.1 Å². The van der Waals surface area contributed by atoms with Crippen LogP contribution in [0.15, 0.2) is 0 Å². The van der Waals surface area contributed by atoms with Gasteiger partial charge in [0.2, 0.25) is 0 Å². The molecule has 14 heavy (non-hydrogen) atoms. The molecule has 1 saturated heterocycles. The van der Waals surface area contributed by atoms with Crippen molar-refractivity contribution in [2.45, 2.75) is 18.5 Å². The van der Waals surface area contributed by atoms with Gasteiger partial charge in [-0.15, -0.1) is 0 Å². The van der Waals surface area contributed by atoms with Crippen LogP contribution in [0.5, 0.6) is 0 Å². The second kappa shape index (κ2) is 3.83. The number of carboxylic acid groups (broad SMARTS) is 2. The average molecular weight is 202 g/mol. The van der Waals surface area contributed by atoms with Gasteiger partial charge in [0, 0.05) is 12.6 Å². The lowest BCUT2D eigenvalue weighted by atomic mass is 10.1. The van der Waals surface area contributed by atoms with E-state index in [9.17, 15) is 9.59 Å². The molecule has 1 aliphatic rings. The van der Waals surface area contributed by atoms with E-state index in [1.54, 1.807) is 0 Å². The molecule has 6 heteroatoms. The van der Waals surface area contributed by atoms with E-state index < -0.39 is 18.1 Å². The summed E-state index contributed by atoms with van der Waals surface area (Å²) < 4.78 is 0. The molecule has 0 aromatic rings. The molecule has 1 fully saturated rings. The Morgan fingerprint density at radius 1 is 1.36 bits per heavy atom. The van der Waals surface area contributed by atoms with E-state index in [0.717, 1.165) is 4.90 Å². The number of amides is 1. The predicted octanol–water partition coefficient (Wildman–Crippen LogP) is -0.246. The van der Waals surface area contributed by atoms with Gasteiger partial charge in [-0.25, -0.2) is 9.59 Å². The Labute approximate surface area is 81.7 Å². The monoisotopic (exact) mass is 202 g/mol. The molecular formula is C8H14N2O4. The highest BCUT2D eigenvalue weighted by Gasteiger charge is 2.40. The summed E-state index contributed by atoms with van der Waals surface area (Å²) in [4.78, 5) is 24.3. The Balaban J connectivity index is 2.75. The highest BCUT2D eigenvalue weighted by atomic mass is 16.4. The number of hydrogen-bond donors (Lipinski definition) is 2. The maximum absolute atomic E-state index is 10.8. The third-order valence-electron chi connectivity index (χ3n) is 2.54. The summed E-state index contributed by atoms with van der Waals surface area (Å²) in [6, 6.07) is -0.910. The van der Waals surface area contributed by atoms with Crippen molar-refractivity contribution in [2.75, 3.05) is 20.6 Å². The van der Waals surface area contributed by atoms with Crippen LogP contribution in [0.25, 0.3) is 0 Å². The Morgan fingerprint density at radius 3 is 2.21 bits per heavy atom. The van der Waals surface area contributed by atoms with Crippen LogP contribution in [-0.2, 0) is 4.79 Å². The number of nitrogens with zero attached hydrogens (tertiary/aromatic N) is 2. The fourth-order valence-electron chi connectivity index (χ4n) is 1.63. The summed E-state index contributed by atoms with van der Waals surface area (Å²) in [6.45, 7) is 0.263. The summed E-state index contributed by atoms with van der Waals surface area (Å²) in [5, 5.41) is 17.6. The van der Waals surface area contributed by atoms with Gasteiger partial charge in [0.05, 0.1) is 0 Å². The van der Waals surface area contributed by atoms with E-state index in [1.165, 1.54) is 0 Å². The highest BCUT2D eigenvalue weighted by Crippen LogP contribution is 2.20. The first-order valence-electron chi connectivity index (χ1n) is 4.32. The third-order valence-corrected chi connectivity index (χ3v) is 2.54. The topological polar surface area (TPSA) is 81.1 Å². The number of hydrogen-bond acceptors (Lipinski definition) is 3. The molecule has 0 spiro atoms. The van der Waals surface area contributed by atoms with Crippen molar-refractivity contribution in [1.82, 2.24) is 9.80 Å². The minimum atomic E-state index is -1.17. The van der Waals surface area contributed by atoms with Crippen molar-refractivity contribution < 1.29 is 19.8 Å². The van der Waals surface area contributed by atoms with E-state index in [0.29, 0.717) is 6.42 Å². The molecule has 0 aromatic heterocycles. The zero-order valence-corrected chi connectivity index (χ0v) is 8.17. The smallest absolute Gasteiger partial charge is 0.408 e. The van der Waals surface area contributed by atoms with Crippen LogP contribution in [0.2, 0.25) is 0 Å². The SMILES string of the molecule is CN(C)[C@@H]1C[C@H](C(=O)O)N(C(=O)O)C1. The molecule has 0 aliphatic carbocycles. The van der Waals surface area contributed by atoms with Gasteiger partial charge in [0.15, 0.2) is 0 Å². The Bertz CT molecular complexity index is 232. The van der Waals surface area contributed by atoms with Crippen LogP contribution in [0, 0.1) is 0 Å². The van der Waals surface area contributed by atoms with Crippen molar-refractivity contribution in [3.8, 4) is 0 Å². The van der Waals surface area contributed by atoms with Crippen LogP contribution < -0.4 is 0 Å². The molecule has 1 amide bonds. The van der Waals surface area contributed by atoms with Gasteiger partial charge in [-0.3, -0.25) is 4.90 Å². The second-order valence-electron chi connectivity index (χ2n) is 3.64. The van der Waals surface area contributed by atoms with Gasteiger partial charge in [0.1, 0.15) is 6.04 Å². The van der Waals surface area contributed by atoms with Crippen molar-refractivity contribution in [3.05, 3.63) is 0 Å². The Kier molecular flexibility index (Phi) is 2.95. The number of rotatable bonds is 2. The summed E-state index contributed by atoms with van der Waals surface area (Å²) in [5.74, 6) is -1.07. The third kappa shape index (κ3) is 1.95. The largest absolute Gasteiger partial charge is 0.480 e. The minimum Gasteiger partial charge on any atom is -0.480 e. The van der Waals surface area contributed by atoms with E-state index in [2.05, 4.69) is 0 Å². The number of aliphatic carboxylic acids is 1. The molecular weight excluding hydrogens is 188 g/mol. The van der Waals surface area contributed by atoms with Crippen molar-refractivity contribution in [1.29, 1.82) is 0 Å². The van der Waals surface area contributed by atoms with Crippen LogP contribution in [0.1, 0.15) is 6.42 Å². The second-order valence-corrected chi connectivity index (χ2v) is 3.64. The fraction of sp³-hybridized carbons (Fsp3) is 0.750. The van der Waals surface area contributed by atoms with Crippen molar-refractivity contribution in [2.24, 2.45) is 0 Å². The minimum absolute atomic E-state index is 0.00722. The van der Waals surface area contributed by atoms with Gasteiger partial charge in [-0.05, 0) is 20.5 Å². The fourth-order valence-corrected chi connectivity index (χ4v) is 1.63. The quantitative estimate of drug-likeness (QED) is 0.645. The lowest BCUT2D eigenvalue weighted by Crippen LogP contribution is -2.40.